The lowest BCUT2D eigenvalue weighted by Crippen LogP contribution is -2.21. The molecular formula is C20H20ClN3O6. The van der Waals surface area contributed by atoms with Crippen LogP contribution in [0.4, 0.5) is 17.1 Å². The smallest absolute Gasteiger partial charge is 0.306 e. The third-order valence-corrected chi connectivity index (χ3v) is 4.35. The van der Waals surface area contributed by atoms with Crippen molar-refractivity contribution < 1.29 is 24.0 Å². The molecule has 0 fully saturated rings. The van der Waals surface area contributed by atoms with E-state index in [4.69, 9.17) is 16.3 Å². The minimum Gasteiger partial charge on any atom is -0.456 e. The van der Waals surface area contributed by atoms with Gasteiger partial charge in [-0.05, 0) is 37.1 Å². The van der Waals surface area contributed by atoms with Crippen LogP contribution in [0.25, 0.3) is 0 Å². The number of carbonyl (C=O) groups is 3. The first-order valence-corrected chi connectivity index (χ1v) is 9.38. The van der Waals surface area contributed by atoms with Crippen molar-refractivity contribution in [3.05, 3.63) is 63.2 Å². The molecule has 0 atom stereocenters. The van der Waals surface area contributed by atoms with Crippen molar-refractivity contribution in [1.82, 2.24) is 0 Å². The third kappa shape index (κ3) is 7.51. The Hall–Kier alpha value is -3.46. The summed E-state index contributed by atoms with van der Waals surface area (Å²) in [5, 5.41) is 16.4. The molecule has 158 valence electrons. The highest BCUT2D eigenvalue weighted by Gasteiger charge is 2.12. The highest BCUT2D eigenvalue weighted by atomic mass is 35.5. The van der Waals surface area contributed by atoms with Crippen molar-refractivity contribution in [2.75, 3.05) is 17.2 Å². The Bertz CT molecular complexity index is 963. The predicted molar refractivity (Wildman–Crippen MR) is 111 cm³/mol. The third-order valence-electron chi connectivity index (χ3n) is 3.95. The van der Waals surface area contributed by atoms with E-state index in [2.05, 4.69) is 10.6 Å². The number of halogens is 1. The molecule has 2 aromatic carbocycles. The number of amides is 2. The van der Waals surface area contributed by atoms with E-state index in [0.717, 1.165) is 5.56 Å². The van der Waals surface area contributed by atoms with E-state index in [1.807, 2.05) is 6.92 Å². The van der Waals surface area contributed by atoms with Crippen LogP contribution in [0.5, 0.6) is 0 Å². The molecule has 9 nitrogen and oxygen atoms in total. The number of hydrogen-bond donors (Lipinski definition) is 2. The molecule has 0 bridgehead atoms. The van der Waals surface area contributed by atoms with Gasteiger partial charge in [-0.25, -0.2) is 0 Å². The number of benzene rings is 2. The minimum atomic E-state index is -0.629. The Labute approximate surface area is 177 Å². The summed E-state index contributed by atoms with van der Waals surface area (Å²) < 4.78 is 4.85. The van der Waals surface area contributed by atoms with Crippen LogP contribution in [0.15, 0.2) is 42.5 Å². The maximum Gasteiger partial charge on any atom is 0.306 e. The number of anilines is 2. The second-order valence-electron chi connectivity index (χ2n) is 6.38. The highest BCUT2D eigenvalue weighted by Crippen LogP contribution is 2.20. The fourth-order valence-electron chi connectivity index (χ4n) is 2.40. The normalized spacial score (nSPS) is 10.2. The molecule has 0 saturated carbocycles. The number of aryl methyl sites for hydroxylation is 1. The van der Waals surface area contributed by atoms with Crippen molar-refractivity contribution in [1.29, 1.82) is 0 Å². The lowest BCUT2D eigenvalue weighted by molar-refractivity contribution is -0.384. The number of esters is 1. The summed E-state index contributed by atoms with van der Waals surface area (Å²) >= 11 is 6.00. The summed E-state index contributed by atoms with van der Waals surface area (Å²) in [7, 11) is 0. The second kappa shape index (κ2) is 10.9. The van der Waals surface area contributed by atoms with E-state index >= 15 is 0 Å². The molecule has 30 heavy (non-hydrogen) atoms. The quantitative estimate of drug-likeness (QED) is 0.351. The van der Waals surface area contributed by atoms with Gasteiger partial charge >= 0.3 is 5.97 Å². The first-order chi connectivity index (χ1) is 14.2. The molecule has 0 radical (unpaired) electrons. The maximum atomic E-state index is 11.9. The maximum absolute atomic E-state index is 11.9. The van der Waals surface area contributed by atoms with Crippen LogP contribution in [0.1, 0.15) is 24.8 Å². The molecular weight excluding hydrogens is 414 g/mol. The van der Waals surface area contributed by atoms with Gasteiger partial charge < -0.3 is 15.4 Å². The number of nitrogens with one attached hydrogen (secondary N) is 2. The summed E-state index contributed by atoms with van der Waals surface area (Å²) in [6.45, 7) is 1.32. The first-order valence-electron chi connectivity index (χ1n) is 9.00. The van der Waals surface area contributed by atoms with Crippen molar-refractivity contribution in [3.8, 4) is 0 Å². The fraction of sp³-hybridized carbons (Fsp3) is 0.250. The number of rotatable bonds is 9. The van der Waals surface area contributed by atoms with Crippen LogP contribution < -0.4 is 10.6 Å². The van der Waals surface area contributed by atoms with E-state index in [0.29, 0.717) is 10.7 Å². The number of ether oxygens (including phenoxy) is 1. The minimum absolute atomic E-state index is 0.0356. The molecule has 0 aliphatic rings. The van der Waals surface area contributed by atoms with Crippen molar-refractivity contribution in [3.63, 3.8) is 0 Å². The molecule has 0 aromatic heterocycles. The number of nitro benzene ring substituents is 1. The summed E-state index contributed by atoms with van der Waals surface area (Å²) in [6, 6.07) is 10.5. The SMILES string of the molecule is Cc1ccc(NC(=O)CCCC(=O)OCC(=O)Nc2cccc([N+](=O)[O-])c2)cc1Cl. The summed E-state index contributed by atoms with van der Waals surface area (Å²) in [6.07, 6.45) is 0.309. The first kappa shape index (κ1) is 22.8. The van der Waals surface area contributed by atoms with E-state index in [1.54, 1.807) is 18.2 Å². The molecule has 0 spiro atoms. The standard InChI is InChI=1S/C20H20ClN3O6/c1-13-8-9-15(11-17(13)21)22-18(25)6-3-7-20(27)30-12-19(26)23-14-4-2-5-16(10-14)24(28)29/h2,4-5,8-11H,3,6-7,12H2,1H3,(H,22,25)(H,23,26). The van der Waals surface area contributed by atoms with E-state index in [1.165, 1.54) is 24.3 Å². The number of nitro groups is 1. The lowest BCUT2D eigenvalue weighted by atomic mass is 10.2. The lowest BCUT2D eigenvalue weighted by Gasteiger charge is -2.08. The number of nitrogens with zero attached hydrogens (tertiary/aromatic N) is 1. The van der Waals surface area contributed by atoms with Crippen LogP contribution in [0.3, 0.4) is 0 Å². The molecule has 2 rings (SSSR count). The molecule has 2 amide bonds. The van der Waals surface area contributed by atoms with Crippen molar-refractivity contribution in [2.24, 2.45) is 0 Å². The van der Waals surface area contributed by atoms with Crippen molar-refractivity contribution in [2.45, 2.75) is 26.2 Å². The average molecular weight is 434 g/mol. The summed E-state index contributed by atoms with van der Waals surface area (Å²) in [5.74, 6) is -1.53. The van der Waals surface area contributed by atoms with E-state index in [-0.39, 0.29) is 36.5 Å². The zero-order chi connectivity index (χ0) is 22.1. The molecule has 2 aromatic rings. The Morgan fingerprint density at radius 2 is 1.73 bits per heavy atom. The van der Waals surface area contributed by atoms with Gasteiger partial charge in [0.25, 0.3) is 11.6 Å². The fourth-order valence-corrected chi connectivity index (χ4v) is 2.58. The Kier molecular flexibility index (Phi) is 8.30. The van der Waals surface area contributed by atoms with Crippen LogP contribution in [0, 0.1) is 17.0 Å². The monoisotopic (exact) mass is 433 g/mol. The summed E-state index contributed by atoms with van der Waals surface area (Å²) in [4.78, 5) is 45.6. The molecule has 0 unspecified atom stereocenters. The van der Waals surface area contributed by atoms with Gasteiger partial charge in [-0.1, -0.05) is 23.7 Å². The van der Waals surface area contributed by atoms with Gasteiger partial charge in [-0.15, -0.1) is 0 Å². The van der Waals surface area contributed by atoms with Gasteiger partial charge in [-0.3, -0.25) is 24.5 Å². The Balaban J connectivity index is 1.67. The van der Waals surface area contributed by atoms with Crippen LogP contribution in [-0.2, 0) is 19.1 Å². The van der Waals surface area contributed by atoms with Gasteiger partial charge in [0.2, 0.25) is 5.91 Å². The van der Waals surface area contributed by atoms with Gasteiger partial charge in [0.05, 0.1) is 4.92 Å². The largest absolute Gasteiger partial charge is 0.456 e. The average Bonchev–Trinajstić information content (AvgIpc) is 2.69. The molecule has 0 aliphatic heterocycles. The number of non-ortho nitro benzene ring substituents is 1. The topological polar surface area (TPSA) is 128 Å². The van der Waals surface area contributed by atoms with Crippen molar-refractivity contribution >= 4 is 46.4 Å². The second-order valence-corrected chi connectivity index (χ2v) is 6.79. The Morgan fingerprint density at radius 3 is 2.43 bits per heavy atom. The van der Waals surface area contributed by atoms with Gasteiger partial charge in [0.15, 0.2) is 6.61 Å². The molecule has 2 N–H and O–H groups in total. The van der Waals surface area contributed by atoms with Crippen LogP contribution >= 0.6 is 11.6 Å². The molecule has 0 heterocycles. The summed E-state index contributed by atoms with van der Waals surface area (Å²) in [5.41, 5.74) is 1.51. The van der Waals surface area contributed by atoms with Gasteiger partial charge in [0.1, 0.15) is 0 Å². The zero-order valence-electron chi connectivity index (χ0n) is 16.1. The van der Waals surface area contributed by atoms with E-state index < -0.39 is 23.4 Å². The van der Waals surface area contributed by atoms with Gasteiger partial charge in [-0.2, -0.15) is 0 Å². The Morgan fingerprint density at radius 1 is 1.03 bits per heavy atom. The molecule has 0 saturated heterocycles. The number of carbonyl (C=O) groups excluding carboxylic acids is 3. The number of hydrogen-bond acceptors (Lipinski definition) is 6. The van der Waals surface area contributed by atoms with Crippen LogP contribution in [-0.4, -0.2) is 29.3 Å². The van der Waals surface area contributed by atoms with E-state index in [9.17, 15) is 24.5 Å². The van der Waals surface area contributed by atoms with Gasteiger partial charge in [0, 0.05) is 41.4 Å². The molecule has 10 heteroatoms. The molecule has 0 aliphatic carbocycles. The zero-order valence-corrected chi connectivity index (χ0v) is 16.9. The van der Waals surface area contributed by atoms with Crippen LogP contribution in [0.2, 0.25) is 5.02 Å². The predicted octanol–water partition coefficient (Wildman–Crippen LogP) is 3.85. The highest BCUT2D eigenvalue weighted by molar-refractivity contribution is 6.31.